The Morgan fingerprint density at radius 2 is 2.04 bits per heavy atom. The number of rotatable bonds is 6. The highest BCUT2D eigenvalue weighted by atomic mass is 16.5. The standard InChI is InChI=1S/C18H22N2O5/c1-2-24-18(22)15(21)16-19-14(12-13-6-4-3-5-7-13)17(25-16)20-8-10-23-11-9-20/h3-7,15,21H,2,8-12H2,1H3. The number of nitrogens with zero attached hydrogens (tertiary/aromatic N) is 2. The third-order valence-corrected chi connectivity index (χ3v) is 3.95. The number of carbonyl (C=O) groups excluding carboxylic acids is 1. The summed E-state index contributed by atoms with van der Waals surface area (Å²) in [6, 6.07) is 9.86. The van der Waals surface area contributed by atoms with Gasteiger partial charge in [0, 0.05) is 19.5 Å². The Hall–Kier alpha value is -2.38. The summed E-state index contributed by atoms with van der Waals surface area (Å²) in [7, 11) is 0. The van der Waals surface area contributed by atoms with Crippen molar-refractivity contribution in [1.82, 2.24) is 4.98 Å². The maximum atomic E-state index is 11.8. The van der Waals surface area contributed by atoms with Gasteiger partial charge in [-0.1, -0.05) is 30.3 Å². The second-order valence-corrected chi connectivity index (χ2v) is 5.72. The van der Waals surface area contributed by atoms with Crippen LogP contribution in [0.25, 0.3) is 0 Å². The SMILES string of the molecule is CCOC(=O)C(O)c1nc(Cc2ccccc2)c(N2CCOCC2)o1. The summed E-state index contributed by atoms with van der Waals surface area (Å²) < 4.78 is 16.0. The number of aliphatic hydroxyl groups excluding tert-OH is 1. The first-order chi connectivity index (χ1) is 12.2. The Bertz CT molecular complexity index is 695. The minimum absolute atomic E-state index is 0.0362. The fourth-order valence-electron chi connectivity index (χ4n) is 2.72. The highest BCUT2D eigenvalue weighted by Crippen LogP contribution is 2.28. The molecule has 1 atom stereocenters. The Morgan fingerprint density at radius 1 is 1.32 bits per heavy atom. The Kier molecular flexibility index (Phi) is 5.67. The van der Waals surface area contributed by atoms with Crippen molar-refractivity contribution in [2.75, 3.05) is 37.8 Å². The lowest BCUT2D eigenvalue weighted by Crippen LogP contribution is -2.36. The van der Waals surface area contributed by atoms with Gasteiger partial charge < -0.3 is 23.9 Å². The summed E-state index contributed by atoms with van der Waals surface area (Å²) in [6.07, 6.45) is -0.976. The molecule has 0 saturated carbocycles. The van der Waals surface area contributed by atoms with E-state index in [4.69, 9.17) is 13.9 Å². The van der Waals surface area contributed by atoms with E-state index in [0.717, 1.165) is 5.56 Å². The minimum atomic E-state index is -1.52. The Labute approximate surface area is 146 Å². The quantitative estimate of drug-likeness (QED) is 0.797. The van der Waals surface area contributed by atoms with Gasteiger partial charge in [0.15, 0.2) is 0 Å². The monoisotopic (exact) mass is 346 g/mol. The van der Waals surface area contributed by atoms with Crippen LogP contribution < -0.4 is 4.90 Å². The zero-order chi connectivity index (χ0) is 17.6. The summed E-state index contributed by atoms with van der Waals surface area (Å²) in [5.41, 5.74) is 1.76. The number of carbonyl (C=O) groups is 1. The molecule has 0 radical (unpaired) electrons. The first-order valence-electron chi connectivity index (χ1n) is 8.40. The lowest BCUT2D eigenvalue weighted by atomic mass is 10.1. The summed E-state index contributed by atoms with van der Waals surface area (Å²) in [5, 5.41) is 10.1. The highest BCUT2D eigenvalue weighted by Gasteiger charge is 2.29. The van der Waals surface area contributed by atoms with Crippen molar-refractivity contribution in [2.24, 2.45) is 0 Å². The van der Waals surface area contributed by atoms with Crippen molar-refractivity contribution < 1.29 is 23.8 Å². The fraction of sp³-hybridized carbons (Fsp3) is 0.444. The van der Waals surface area contributed by atoms with Gasteiger partial charge >= 0.3 is 5.97 Å². The molecule has 1 aliphatic heterocycles. The molecule has 1 saturated heterocycles. The van der Waals surface area contributed by atoms with E-state index in [9.17, 15) is 9.90 Å². The van der Waals surface area contributed by atoms with E-state index < -0.39 is 12.1 Å². The van der Waals surface area contributed by atoms with Crippen LogP contribution in [-0.2, 0) is 20.7 Å². The van der Waals surface area contributed by atoms with Crippen molar-refractivity contribution in [1.29, 1.82) is 0 Å². The fourth-order valence-corrected chi connectivity index (χ4v) is 2.72. The molecule has 3 rings (SSSR count). The van der Waals surface area contributed by atoms with Crippen LogP contribution in [0.1, 0.15) is 30.2 Å². The van der Waals surface area contributed by atoms with Gasteiger partial charge in [-0.2, -0.15) is 0 Å². The van der Waals surface area contributed by atoms with E-state index in [0.29, 0.717) is 44.3 Å². The number of hydrogen-bond donors (Lipinski definition) is 1. The molecule has 1 aromatic carbocycles. The summed E-state index contributed by atoms with van der Waals surface area (Å²) >= 11 is 0. The molecule has 1 unspecified atom stereocenters. The van der Waals surface area contributed by atoms with E-state index in [1.54, 1.807) is 6.92 Å². The average Bonchev–Trinajstić information content (AvgIpc) is 3.06. The number of hydrogen-bond acceptors (Lipinski definition) is 7. The molecule has 0 bridgehead atoms. The smallest absolute Gasteiger partial charge is 0.344 e. The molecule has 0 aliphatic carbocycles. The first-order valence-corrected chi connectivity index (χ1v) is 8.40. The van der Waals surface area contributed by atoms with Crippen LogP contribution in [0.3, 0.4) is 0 Å². The molecular formula is C18H22N2O5. The molecule has 2 aromatic rings. The van der Waals surface area contributed by atoms with E-state index in [1.165, 1.54) is 0 Å². The molecule has 7 heteroatoms. The topological polar surface area (TPSA) is 85.0 Å². The van der Waals surface area contributed by atoms with Gasteiger partial charge in [-0.15, -0.1) is 0 Å². The second-order valence-electron chi connectivity index (χ2n) is 5.72. The third-order valence-electron chi connectivity index (χ3n) is 3.95. The normalized spacial score (nSPS) is 15.8. The number of morpholine rings is 1. The van der Waals surface area contributed by atoms with Crippen LogP contribution in [0.5, 0.6) is 0 Å². The van der Waals surface area contributed by atoms with Crippen LogP contribution in [0.2, 0.25) is 0 Å². The zero-order valence-corrected chi connectivity index (χ0v) is 14.2. The van der Waals surface area contributed by atoms with Crippen molar-refractivity contribution in [3.63, 3.8) is 0 Å². The molecule has 7 nitrogen and oxygen atoms in total. The van der Waals surface area contributed by atoms with Crippen molar-refractivity contribution in [2.45, 2.75) is 19.4 Å². The van der Waals surface area contributed by atoms with E-state index in [2.05, 4.69) is 4.98 Å². The maximum absolute atomic E-state index is 11.8. The molecule has 0 amide bonds. The maximum Gasteiger partial charge on any atom is 0.344 e. The molecule has 1 N–H and O–H groups in total. The van der Waals surface area contributed by atoms with Gasteiger partial charge in [-0.25, -0.2) is 9.78 Å². The van der Waals surface area contributed by atoms with Crippen molar-refractivity contribution in [3.05, 3.63) is 47.5 Å². The second kappa shape index (κ2) is 8.13. The summed E-state index contributed by atoms with van der Waals surface area (Å²) in [5.74, 6) is -0.222. The van der Waals surface area contributed by atoms with E-state index in [1.807, 2.05) is 35.2 Å². The largest absolute Gasteiger partial charge is 0.464 e. The van der Waals surface area contributed by atoms with Crippen LogP contribution in [0, 0.1) is 0 Å². The summed E-state index contributed by atoms with van der Waals surface area (Å²) in [6.45, 7) is 4.41. The third kappa shape index (κ3) is 4.18. The average molecular weight is 346 g/mol. The number of esters is 1. The zero-order valence-electron chi connectivity index (χ0n) is 14.2. The number of benzene rings is 1. The molecule has 1 fully saturated rings. The van der Waals surface area contributed by atoms with Gasteiger partial charge in [0.1, 0.15) is 5.69 Å². The van der Waals surface area contributed by atoms with Crippen LogP contribution in [-0.4, -0.2) is 49.0 Å². The molecule has 0 spiro atoms. The van der Waals surface area contributed by atoms with E-state index in [-0.39, 0.29) is 12.5 Å². The van der Waals surface area contributed by atoms with Crippen LogP contribution >= 0.6 is 0 Å². The minimum Gasteiger partial charge on any atom is -0.464 e. The predicted octanol–water partition coefficient (Wildman–Crippen LogP) is 1.70. The lowest BCUT2D eigenvalue weighted by Gasteiger charge is -2.26. The number of aliphatic hydroxyl groups is 1. The molecular weight excluding hydrogens is 324 g/mol. The molecule has 2 heterocycles. The number of ether oxygens (including phenoxy) is 2. The number of anilines is 1. The van der Waals surface area contributed by atoms with E-state index >= 15 is 0 Å². The van der Waals surface area contributed by atoms with Crippen LogP contribution in [0.4, 0.5) is 5.88 Å². The van der Waals surface area contributed by atoms with Gasteiger partial charge in [-0.05, 0) is 12.5 Å². The predicted molar refractivity (Wildman–Crippen MR) is 90.4 cm³/mol. The van der Waals surface area contributed by atoms with Gasteiger partial charge in [0.25, 0.3) is 0 Å². The van der Waals surface area contributed by atoms with Gasteiger partial charge in [0.2, 0.25) is 17.9 Å². The molecule has 134 valence electrons. The Morgan fingerprint density at radius 3 is 2.72 bits per heavy atom. The molecule has 25 heavy (non-hydrogen) atoms. The van der Waals surface area contributed by atoms with Crippen LogP contribution in [0.15, 0.2) is 34.7 Å². The number of aromatic nitrogens is 1. The Balaban J connectivity index is 1.89. The van der Waals surface area contributed by atoms with Crippen molar-refractivity contribution in [3.8, 4) is 0 Å². The van der Waals surface area contributed by atoms with Gasteiger partial charge in [0.05, 0.1) is 19.8 Å². The first kappa shape index (κ1) is 17.4. The molecule has 1 aliphatic rings. The number of oxazole rings is 1. The lowest BCUT2D eigenvalue weighted by molar-refractivity contribution is -0.154. The van der Waals surface area contributed by atoms with Crippen molar-refractivity contribution >= 4 is 11.9 Å². The summed E-state index contributed by atoms with van der Waals surface area (Å²) in [4.78, 5) is 18.2. The molecule has 1 aromatic heterocycles. The highest BCUT2D eigenvalue weighted by molar-refractivity contribution is 5.75. The van der Waals surface area contributed by atoms with Gasteiger partial charge in [-0.3, -0.25) is 0 Å².